The molecule has 0 N–H and O–H groups in total. The van der Waals surface area contributed by atoms with E-state index in [1.54, 1.807) is 0 Å². The van der Waals surface area contributed by atoms with Crippen molar-refractivity contribution in [2.75, 3.05) is 0 Å². The Bertz CT molecular complexity index is 436. The molecular weight excluding hydrogens is 274 g/mol. The van der Waals surface area contributed by atoms with Gasteiger partial charge in [-0.1, -0.05) is 11.6 Å². The fourth-order valence-electron chi connectivity index (χ4n) is 0.861. The first-order chi connectivity index (χ1) is 7.20. The van der Waals surface area contributed by atoms with E-state index in [1.165, 1.54) is 0 Å². The smallest absolute Gasteiger partial charge is 0.418 e. The van der Waals surface area contributed by atoms with E-state index in [1.807, 2.05) is 0 Å². The summed E-state index contributed by atoms with van der Waals surface area (Å²) in [5.41, 5.74) is -5.13. The van der Waals surface area contributed by atoms with Crippen molar-refractivity contribution in [1.82, 2.24) is 0 Å². The van der Waals surface area contributed by atoms with Crippen LogP contribution in [0.5, 0.6) is 5.75 Å². The van der Waals surface area contributed by atoms with Gasteiger partial charge in [-0.05, 0) is 0 Å². The number of nitro groups is 1. The van der Waals surface area contributed by atoms with Gasteiger partial charge >= 0.3 is 11.3 Å². The third-order valence-corrected chi connectivity index (χ3v) is 1.80. The number of nitrogens with zero attached hydrogens (tertiary/aromatic N) is 1. The number of alkyl halides is 3. The molecule has 0 atom stereocenters. The largest absolute Gasteiger partial charge is 0.487 e. The number of hydrogen-bond acceptors (Lipinski definition) is 3. The lowest BCUT2D eigenvalue weighted by Gasteiger charge is -2.11. The van der Waals surface area contributed by atoms with Crippen molar-refractivity contribution in [3.63, 3.8) is 0 Å². The molecule has 0 spiro atoms. The molecule has 16 heavy (non-hydrogen) atoms. The van der Waals surface area contributed by atoms with Crippen LogP contribution in [0.2, 0.25) is 5.02 Å². The van der Waals surface area contributed by atoms with Gasteiger partial charge in [0.1, 0.15) is 0 Å². The molecule has 0 aliphatic rings. The first-order valence-electron chi connectivity index (χ1n) is 3.60. The maximum Gasteiger partial charge on any atom is 0.487 e. The minimum absolute atomic E-state index is 0.425. The summed E-state index contributed by atoms with van der Waals surface area (Å²) in [6, 6.07) is 0.908. The summed E-state index contributed by atoms with van der Waals surface area (Å²) in [4.78, 5) is 9.19. The zero-order valence-electron chi connectivity index (χ0n) is 7.22. The average molecular weight is 276 g/mol. The van der Waals surface area contributed by atoms with E-state index in [9.17, 15) is 23.3 Å². The van der Waals surface area contributed by atoms with Crippen LogP contribution in [0, 0.1) is 15.9 Å². The zero-order chi connectivity index (χ0) is 12.5. The zero-order valence-corrected chi connectivity index (χ0v) is 8.73. The Labute approximate surface area is 96.7 Å². The lowest BCUT2D eigenvalue weighted by molar-refractivity contribution is -0.387. The van der Waals surface area contributed by atoms with Gasteiger partial charge in [-0.3, -0.25) is 10.1 Å². The van der Waals surface area contributed by atoms with Gasteiger partial charge in [-0.15, -0.1) is 8.78 Å². The molecule has 0 aliphatic heterocycles. The summed E-state index contributed by atoms with van der Waals surface area (Å²) in [5, 5.41) is 9.74. The molecule has 0 amide bonds. The molecule has 1 aromatic carbocycles. The Kier molecular flexibility index (Phi) is 3.49. The average Bonchev–Trinajstić information content (AvgIpc) is 2.07. The Morgan fingerprint density at radius 3 is 2.44 bits per heavy atom. The number of ether oxygens (including phenoxy) is 1. The van der Waals surface area contributed by atoms with Crippen molar-refractivity contribution >= 4 is 28.9 Å². The highest BCUT2D eigenvalue weighted by Gasteiger charge is 2.30. The van der Waals surface area contributed by atoms with Crippen LogP contribution in [0.15, 0.2) is 12.1 Å². The summed E-state index contributed by atoms with van der Waals surface area (Å²) >= 11 is 9.77. The van der Waals surface area contributed by atoms with Crippen molar-refractivity contribution < 1.29 is 22.8 Å². The molecule has 0 aromatic heterocycles. The molecule has 0 fully saturated rings. The summed E-state index contributed by atoms with van der Waals surface area (Å²) in [5.74, 6) is -2.05. The third-order valence-electron chi connectivity index (χ3n) is 1.42. The van der Waals surface area contributed by atoms with E-state index >= 15 is 0 Å². The molecule has 0 bridgehead atoms. The van der Waals surface area contributed by atoms with Crippen LogP contribution < -0.4 is 4.74 Å². The number of benzene rings is 1. The predicted molar refractivity (Wildman–Crippen MR) is 49.5 cm³/mol. The first kappa shape index (κ1) is 12.9. The van der Waals surface area contributed by atoms with E-state index in [-0.39, 0.29) is 0 Å². The van der Waals surface area contributed by atoms with Crippen LogP contribution >= 0.6 is 23.2 Å². The second-order valence-electron chi connectivity index (χ2n) is 2.54. The van der Waals surface area contributed by atoms with E-state index in [0.717, 1.165) is 0 Å². The van der Waals surface area contributed by atoms with Gasteiger partial charge in [0.2, 0.25) is 5.82 Å². The van der Waals surface area contributed by atoms with Gasteiger partial charge in [0.15, 0.2) is 5.75 Å². The number of rotatable bonds is 3. The third kappa shape index (κ3) is 3.14. The van der Waals surface area contributed by atoms with Crippen molar-refractivity contribution in [3.05, 3.63) is 33.1 Å². The Morgan fingerprint density at radius 1 is 1.44 bits per heavy atom. The molecule has 0 radical (unpaired) electrons. The van der Waals surface area contributed by atoms with Gasteiger partial charge in [0.25, 0.3) is 0 Å². The Morgan fingerprint density at radius 2 is 2.00 bits per heavy atom. The standard InChI is InChI=1S/C7H2Cl2F3NO3/c8-3-1-4(10)5(13(14)15)2-6(3)16-7(9,11)12/h1-2H. The molecule has 1 aromatic rings. The molecule has 9 heteroatoms. The molecule has 0 heterocycles. The SMILES string of the molecule is O=[N+]([O-])c1cc(OC(F)(F)Cl)c(Cl)cc1F. The summed E-state index contributed by atoms with van der Waals surface area (Å²) in [6.07, 6.45) is 0. The minimum atomic E-state index is -4.09. The van der Waals surface area contributed by atoms with Crippen LogP contribution in [0.4, 0.5) is 18.9 Å². The predicted octanol–water partition coefficient (Wildman–Crippen LogP) is 3.56. The van der Waals surface area contributed by atoms with Crippen molar-refractivity contribution in [3.8, 4) is 5.75 Å². The lowest BCUT2D eigenvalue weighted by Crippen LogP contribution is -2.16. The summed E-state index contributed by atoms with van der Waals surface area (Å²) in [6.45, 7) is 0. The molecule has 4 nitrogen and oxygen atoms in total. The lowest BCUT2D eigenvalue weighted by atomic mass is 10.3. The summed E-state index contributed by atoms with van der Waals surface area (Å²) in [7, 11) is 0. The fraction of sp³-hybridized carbons (Fsp3) is 0.143. The summed E-state index contributed by atoms with van der Waals surface area (Å²) < 4.78 is 41.2. The highest BCUT2D eigenvalue weighted by atomic mass is 35.5. The Hall–Kier alpha value is -1.21. The monoisotopic (exact) mass is 275 g/mol. The second kappa shape index (κ2) is 4.34. The second-order valence-corrected chi connectivity index (χ2v) is 3.39. The topological polar surface area (TPSA) is 52.4 Å². The number of hydrogen-bond donors (Lipinski definition) is 0. The van der Waals surface area contributed by atoms with Crippen LogP contribution in [0.3, 0.4) is 0 Å². The molecule has 0 saturated heterocycles. The molecule has 1 rings (SSSR count). The van der Waals surface area contributed by atoms with Crippen LogP contribution in [-0.4, -0.2) is 10.5 Å². The van der Waals surface area contributed by atoms with Gasteiger partial charge in [0, 0.05) is 17.7 Å². The normalized spacial score (nSPS) is 11.3. The molecule has 0 saturated carbocycles. The highest BCUT2D eigenvalue weighted by molar-refractivity contribution is 6.32. The van der Waals surface area contributed by atoms with Crippen molar-refractivity contribution in [2.45, 2.75) is 5.57 Å². The fourth-order valence-corrected chi connectivity index (χ4v) is 1.13. The quantitative estimate of drug-likeness (QED) is 0.482. The maximum absolute atomic E-state index is 12.9. The van der Waals surface area contributed by atoms with Crippen molar-refractivity contribution in [2.24, 2.45) is 0 Å². The Balaban J connectivity index is 3.20. The van der Waals surface area contributed by atoms with Gasteiger partial charge in [-0.25, -0.2) is 0 Å². The maximum atomic E-state index is 12.9. The van der Waals surface area contributed by atoms with Crippen LogP contribution in [0.25, 0.3) is 0 Å². The van der Waals surface area contributed by atoms with E-state index in [0.29, 0.717) is 12.1 Å². The van der Waals surface area contributed by atoms with Crippen LogP contribution in [0.1, 0.15) is 0 Å². The van der Waals surface area contributed by atoms with E-state index in [4.69, 9.17) is 11.6 Å². The molecule has 0 unspecified atom stereocenters. The van der Waals surface area contributed by atoms with Crippen LogP contribution in [-0.2, 0) is 0 Å². The highest BCUT2D eigenvalue weighted by Crippen LogP contribution is 2.35. The first-order valence-corrected chi connectivity index (χ1v) is 4.35. The number of halogens is 5. The van der Waals surface area contributed by atoms with E-state index in [2.05, 4.69) is 16.3 Å². The molecule has 88 valence electrons. The molecule has 0 aliphatic carbocycles. The van der Waals surface area contributed by atoms with Crippen molar-refractivity contribution in [1.29, 1.82) is 0 Å². The number of nitro benzene ring substituents is 1. The molecular formula is C7H2Cl2F3NO3. The van der Waals surface area contributed by atoms with E-state index < -0.39 is 32.8 Å². The van der Waals surface area contributed by atoms with Gasteiger partial charge < -0.3 is 4.74 Å². The minimum Gasteiger partial charge on any atom is -0.418 e. The van der Waals surface area contributed by atoms with Gasteiger partial charge in [0.05, 0.1) is 16.0 Å². The van der Waals surface area contributed by atoms with Gasteiger partial charge in [-0.2, -0.15) is 4.39 Å².